The number of likely N-dealkylation sites (tertiary alicyclic amines) is 1. The molecule has 2 fully saturated rings. The van der Waals surface area contributed by atoms with Gasteiger partial charge in [0.25, 0.3) is 7.28 Å². The maximum atomic E-state index is 12.1. The normalized spacial score (nSPS) is 20.4. The van der Waals surface area contributed by atoms with Crippen molar-refractivity contribution in [2.24, 2.45) is 5.73 Å². The van der Waals surface area contributed by atoms with Crippen molar-refractivity contribution in [3.8, 4) is 0 Å². The second kappa shape index (κ2) is 10.1. The molecule has 0 spiro atoms. The van der Waals surface area contributed by atoms with E-state index in [9.17, 15) is 22.8 Å². The molecule has 11 heteroatoms. The lowest BCUT2D eigenvalue weighted by Crippen LogP contribution is -2.48. The van der Waals surface area contributed by atoms with Gasteiger partial charge in [0.2, 0.25) is 15.9 Å². The van der Waals surface area contributed by atoms with E-state index in [2.05, 4.69) is 10.0 Å². The fraction of sp³-hybridized carbons (Fsp3) is 0.722. The number of nitrogens with two attached hydrogens (primary N) is 1. The van der Waals surface area contributed by atoms with Crippen LogP contribution in [0.5, 0.6) is 0 Å². The van der Waals surface area contributed by atoms with E-state index in [0.29, 0.717) is 32.4 Å². The van der Waals surface area contributed by atoms with E-state index in [1.165, 1.54) is 4.90 Å². The lowest BCUT2D eigenvalue weighted by molar-refractivity contribution is -0.121. The SMILES string of the molecule is CC1(S(=O)(=O)NC(=O)B/C=C\CCCCCNC(=O)N2CCC[C@H]2C(N)=O)CC1. The minimum Gasteiger partial charge on any atom is -0.368 e. The molecule has 1 atom stereocenters. The number of hydrogen-bond acceptors (Lipinski definition) is 5. The molecule has 1 aliphatic heterocycles. The van der Waals surface area contributed by atoms with Crippen LogP contribution in [0.3, 0.4) is 0 Å². The highest BCUT2D eigenvalue weighted by Gasteiger charge is 2.50. The Balaban J connectivity index is 1.51. The molecule has 1 saturated heterocycles. The van der Waals surface area contributed by atoms with Crippen LogP contribution in [0.4, 0.5) is 9.59 Å². The lowest BCUT2D eigenvalue weighted by Gasteiger charge is -2.22. The van der Waals surface area contributed by atoms with Gasteiger partial charge in [0.15, 0.2) is 5.81 Å². The Hall–Kier alpha value is -2.04. The van der Waals surface area contributed by atoms with Gasteiger partial charge in [-0.3, -0.25) is 14.3 Å². The van der Waals surface area contributed by atoms with E-state index in [-0.39, 0.29) is 13.3 Å². The number of amides is 4. The summed E-state index contributed by atoms with van der Waals surface area (Å²) in [5.74, 6) is 0.713. The van der Waals surface area contributed by atoms with Crippen LogP contribution in [0.1, 0.15) is 58.3 Å². The largest absolute Gasteiger partial charge is 0.368 e. The zero-order chi connectivity index (χ0) is 21.5. The molecule has 2 rings (SSSR count). The number of unbranched alkanes of at least 4 members (excludes halogenated alkanes) is 3. The maximum absolute atomic E-state index is 12.1. The predicted octanol–water partition coefficient (Wildman–Crippen LogP) is 0.748. The number of nitrogens with zero attached hydrogens (tertiary/aromatic N) is 1. The molecular weight excluding hydrogens is 395 g/mol. The van der Waals surface area contributed by atoms with Crippen LogP contribution < -0.4 is 15.8 Å². The molecule has 0 aromatic rings. The van der Waals surface area contributed by atoms with Crippen LogP contribution in [0.2, 0.25) is 0 Å². The molecule has 4 amide bonds. The van der Waals surface area contributed by atoms with Crippen molar-refractivity contribution < 1.29 is 22.8 Å². The number of nitrogens with one attached hydrogen (secondary N) is 2. The van der Waals surface area contributed by atoms with Gasteiger partial charge < -0.3 is 16.0 Å². The van der Waals surface area contributed by atoms with Gasteiger partial charge in [0.05, 0.1) is 4.75 Å². The van der Waals surface area contributed by atoms with Gasteiger partial charge in [-0.15, -0.1) is 5.98 Å². The Morgan fingerprint density at radius 2 is 1.97 bits per heavy atom. The number of carbonyl (C=O) groups excluding carboxylic acids is 3. The van der Waals surface area contributed by atoms with Crippen LogP contribution in [0, 0.1) is 0 Å². The van der Waals surface area contributed by atoms with Crippen molar-refractivity contribution in [1.82, 2.24) is 14.9 Å². The molecule has 2 aliphatic rings. The van der Waals surface area contributed by atoms with Crippen LogP contribution >= 0.6 is 0 Å². The first-order chi connectivity index (χ1) is 13.7. The van der Waals surface area contributed by atoms with E-state index >= 15 is 0 Å². The van der Waals surface area contributed by atoms with E-state index in [4.69, 9.17) is 5.73 Å². The summed E-state index contributed by atoms with van der Waals surface area (Å²) < 4.78 is 25.2. The van der Waals surface area contributed by atoms with Crippen molar-refractivity contribution in [3.05, 3.63) is 12.1 Å². The Morgan fingerprint density at radius 1 is 1.24 bits per heavy atom. The molecule has 1 heterocycles. The summed E-state index contributed by atoms with van der Waals surface area (Å²) in [4.78, 5) is 36.6. The highest BCUT2D eigenvalue weighted by molar-refractivity contribution is 7.91. The van der Waals surface area contributed by atoms with Crippen molar-refractivity contribution >= 4 is 35.0 Å². The van der Waals surface area contributed by atoms with Crippen LogP contribution in [0.25, 0.3) is 0 Å². The molecule has 1 saturated carbocycles. The Labute approximate surface area is 173 Å². The van der Waals surface area contributed by atoms with Gasteiger partial charge in [-0.25, -0.2) is 13.2 Å². The van der Waals surface area contributed by atoms with E-state index in [1.807, 2.05) is 6.08 Å². The van der Waals surface area contributed by atoms with Crippen LogP contribution in [-0.4, -0.2) is 62.2 Å². The second-order valence-electron chi connectivity index (χ2n) is 7.99. The number of sulfonamides is 1. The van der Waals surface area contributed by atoms with Crippen molar-refractivity contribution in [1.29, 1.82) is 0 Å². The number of carbonyl (C=O) groups is 3. The summed E-state index contributed by atoms with van der Waals surface area (Å²) >= 11 is 0. The van der Waals surface area contributed by atoms with Crippen LogP contribution in [0.15, 0.2) is 12.1 Å². The minimum atomic E-state index is -3.56. The maximum Gasteiger partial charge on any atom is 0.318 e. The zero-order valence-electron chi connectivity index (χ0n) is 17.0. The summed E-state index contributed by atoms with van der Waals surface area (Å²) in [6, 6.07) is -0.744. The number of hydrogen-bond donors (Lipinski definition) is 3. The smallest absolute Gasteiger partial charge is 0.318 e. The highest BCUT2D eigenvalue weighted by atomic mass is 32.2. The van der Waals surface area contributed by atoms with Crippen molar-refractivity contribution in [2.75, 3.05) is 13.1 Å². The molecule has 9 nitrogen and oxygen atoms in total. The first-order valence-corrected chi connectivity index (χ1v) is 11.7. The summed E-state index contributed by atoms with van der Waals surface area (Å²) in [5, 5.41) is 2.82. The van der Waals surface area contributed by atoms with Crippen molar-refractivity contribution in [2.45, 2.75) is 69.1 Å². The van der Waals surface area contributed by atoms with Gasteiger partial charge >= 0.3 is 6.03 Å². The van der Waals surface area contributed by atoms with E-state index in [0.717, 1.165) is 32.1 Å². The van der Waals surface area contributed by atoms with Gasteiger partial charge in [0, 0.05) is 13.1 Å². The van der Waals surface area contributed by atoms with Gasteiger partial charge in [-0.1, -0.05) is 12.5 Å². The first-order valence-electron chi connectivity index (χ1n) is 10.2. The van der Waals surface area contributed by atoms with E-state index in [1.54, 1.807) is 12.9 Å². The molecular formula is C18H31BN4O5S. The van der Waals surface area contributed by atoms with Gasteiger partial charge in [-0.2, -0.15) is 0 Å². The third-order valence-corrected chi connectivity index (χ3v) is 7.69. The Bertz CT molecular complexity index is 751. The quantitative estimate of drug-likeness (QED) is 0.331. The van der Waals surface area contributed by atoms with E-state index < -0.39 is 32.5 Å². The molecule has 29 heavy (non-hydrogen) atoms. The molecule has 4 N–H and O–H groups in total. The number of primary amides is 1. The Morgan fingerprint density at radius 3 is 2.62 bits per heavy atom. The summed E-state index contributed by atoms with van der Waals surface area (Å²) in [5.41, 5.74) is 5.31. The molecule has 0 aromatic heterocycles. The summed E-state index contributed by atoms with van der Waals surface area (Å²) in [6.07, 6.45) is 7.86. The molecule has 0 radical (unpaired) electrons. The number of urea groups is 1. The predicted molar refractivity (Wildman–Crippen MR) is 112 cm³/mol. The topological polar surface area (TPSA) is 139 Å². The first kappa shape index (κ1) is 23.2. The monoisotopic (exact) mass is 426 g/mol. The minimum absolute atomic E-state index is 0.0439. The van der Waals surface area contributed by atoms with Crippen LogP contribution in [-0.2, 0) is 14.8 Å². The molecule has 162 valence electrons. The third kappa shape index (κ3) is 6.76. The average Bonchev–Trinajstić information content (AvgIpc) is 3.21. The van der Waals surface area contributed by atoms with Crippen molar-refractivity contribution in [3.63, 3.8) is 0 Å². The number of rotatable bonds is 11. The zero-order valence-corrected chi connectivity index (χ0v) is 17.8. The summed E-state index contributed by atoms with van der Waals surface area (Å²) in [7, 11) is -3.52. The second-order valence-corrected chi connectivity index (χ2v) is 10.2. The molecule has 0 bridgehead atoms. The van der Waals surface area contributed by atoms with Gasteiger partial charge in [-0.05, 0) is 51.9 Å². The third-order valence-electron chi connectivity index (χ3n) is 5.49. The number of allylic oxidation sites excluding steroid dienone is 1. The lowest BCUT2D eigenvalue weighted by atomic mass is 9.77. The Kier molecular flexibility index (Phi) is 8.12. The molecule has 0 aromatic carbocycles. The summed E-state index contributed by atoms with van der Waals surface area (Å²) in [6.45, 7) is 2.73. The fourth-order valence-electron chi connectivity index (χ4n) is 3.23. The fourth-order valence-corrected chi connectivity index (χ4v) is 4.50. The molecule has 1 aliphatic carbocycles. The average molecular weight is 426 g/mol. The highest BCUT2D eigenvalue weighted by Crippen LogP contribution is 2.42. The molecule has 0 unspecified atom stereocenters. The standard InChI is InChI=1S/C18H31BN4O5S/c1-18(9-10-18)29(27,28)22-16(25)19-11-5-3-2-4-6-12-21-17(26)23-13-7-8-14(23)15(20)24/h5,11,14,19H,2-4,6-10,12-13H2,1H3,(H2,20,24)(H,21,26)(H,22,25)/b11-5-/t14-/m0/s1. The van der Waals surface area contributed by atoms with Gasteiger partial charge in [0.1, 0.15) is 6.04 Å².